The summed E-state index contributed by atoms with van der Waals surface area (Å²) in [6.07, 6.45) is 6.22. The second-order valence-corrected chi connectivity index (χ2v) is 21.6. The Morgan fingerprint density at radius 3 is 1.76 bits per heavy atom. The monoisotopic (exact) mass is 837 g/mol. The summed E-state index contributed by atoms with van der Waals surface area (Å²) in [5, 5.41) is 28.2. The first kappa shape index (κ1) is 34.0. The molecule has 0 aliphatic heterocycles. The zero-order chi connectivity index (χ0) is 42.7. The standard InChI is InChI=1S/C63H39N3/c64-29-36-26-49-54(52-35-23-31-20-32(24-35)22-34(21-31)51(36)52)44-28-43-41-14-3-7-18-47(41)63(45-16-5-1-12-39(45)40-13-2-6-17-46(40)63)60(43)57-55-50(66(49)61(44)57)27-37(30-65)53-56(55)59-42-15-4-8-19-48(42)62(59)38-11-9-10-33(25-38)58(53)62/h1-19,25-28,31-32,34-35,58-59H,20-24H2. The van der Waals surface area contributed by atoms with Crippen molar-refractivity contribution in [3.8, 4) is 34.4 Å². The molecule has 3 nitrogen and oxygen atoms in total. The summed E-state index contributed by atoms with van der Waals surface area (Å²) in [5.41, 5.74) is 26.0. The van der Waals surface area contributed by atoms with Gasteiger partial charge in [0.2, 0.25) is 0 Å². The van der Waals surface area contributed by atoms with Gasteiger partial charge in [0.15, 0.2) is 0 Å². The van der Waals surface area contributed by atoms with Gasteiger partial charge in [-0.15, -0.1) is 0 Å². The Bertz CT molecular complexity index is 4070. The Balaban J connectivity index is 1.12. The Morgan fingerprint density at radius 1 is 0.485 bits per heavy atom. The molecule has 2 fully saturated rings. The van der Waals surface area contributed by atoms with Crippen LogP contribution in [0.4, 0.5) is 0 Å². The molecule has 10 aromatic rings. The van der Waals surface area contributed by atoms with Crippen molar-refractivity contribution in [1.29, 1.82) is 10.5 Å². The second-order valence-electron chi connectivity index (χ2n) is 21.6. The molecule has 3 heteroatoms. The summed E-state index contributed by atoms with van der Waals surface area (Å²) in [6.45, 7) is 0. The highest BCUT2D eigenvalue weighted by Gasteiger charge is 2.67. The molecule has 8 aromatic carbocycles. The third-order valence-electron chi connectivity index (χ3n) is 19.3. The van der Waals surface area contributed by atoms with Crippen LogP contribution in [0.2, 0.25) is 0 Å². The Labute approximate surface area is 381 Å². The lowest BCUT2D eigenvalue weighted by Gasteiger charge is -2.49. The van der Waals surface area contributed by atoms with E-state index in [1.54, 1.807) is 0 Å². The second kappa shape index (κ2) is 10.8. The maximum Gasteiger partial charge on any atom is 0.0995 e. The van der Waals surface area contributed by atoms with E-state index in [0.29, 0.717) is 11.8 Å². The van der Waals surface area contributed by atoms with Crippen molar-refractivity contribution >= 4 is 38.1 Å². The number of aromatic nitrogens is 1. The smallest absolute Gasteiger partial charge is 0.0995 e. The fourth-order valence-electron chi connectivity index (χ4n) is 17.9. The molecule has 5 atom stereocenters. The summed E-state index contributed by atoms with van der Waals surface area (Å²) in [4.78, 5) is 0. The van der Waals surface area contributed by atoms with Crippen LogP contribution in [0.25, 0.3) is 60.3 Å². The number of benzene rings is 8. The molecule has 2 saturated carbocycles. The lowest BCUT2D eigenvalue weighted by molar-refractivity contribution is 0.166. The molecule has 6 bridgehead atoms. The van der Waals surface area contributed by atoms with E-state index in [1.807, 2.05) is 0 Å². The minimum Gasteiger partial charge on any atom is -0.308 e. The van der Waals surface area contributed by atoms with Gasteiger partial charge in [0.05, 0.1) is 45.2 Å². The largest absolute Gasteiger partial charge is 0.308 e. The summed E-state index contributed by atoms with van der Waals surface area (Å²) in [5.74, 6) is 2.51. The van der Waals surface area contributed by atoms with Gasteiger partial charge in [-0.1, -0.05) is 121 Å². The normalized spacial score (nSPS) is 26.0. The molecule has 0 N–H and O–H groups in total. The highest BCUT2D eigenvalue weighted by Crippen LogP contribution is 2.76. The lowest BCUT2D eigenvalue weighted by atomic mass is 9.52. The van der Waals surface area contributed by atoms with Crippen molar-refractivity contribution in [3.63, 3.8) is 0 Å². The minimum absolute atomic E-state index is 0.0621. The van der Waals surface area contributed by atoms with Crippen molar-refractivity contribution in [3.05, 3.63) is 217 Å². The van der Waals surface area contributed by atoms with Crippen LogP contribution in [0.3, 0.4) is 0 Å². The van der Waals surface area contributed by atoms with Crippen LogP contribution in [0.15, 0.2) is 140 Å². The van der Waals surface area contributed by atoms with E-state index < -0.39 is 5.41 Å². The third kappa shape index (κ3) is 3.28. The molecule has 0 radical (unpaired) electrons. The summed E-state index contributed by atoms with van der Waals surface area (Å²) < 4.78 is 2.58. The van der Waals surface area contributed by atoms with Gasteiger partial charge in [-0.3, -0.25) is 0 Å². The van der Waals surface area contributed by atoms with Crippen LogP contribution in [0, 0.1) is 34.5 Å². The molecule has 5 unspecified atom stereocenters. The van der Waals surface area contributed by atoms with Gasteiger partial charge in [-0.05, 0) is 163 Å². The Kier molecular flexibility index (Phi) is 5.56. The number of hydrogen-bond acceptors (Lipinski definition) is 2. The predicted octanol–water partition coefficient (Wildman–Crippen LogP) is 14.2. The van der Waals surface area contributed by atoms with E-state index in [4.69, 9.17) is 0 Å². The average Bonchev–Trinajstić information content (AvgIpc) is 4.12. The summed E-state index contributed by atoms with van der Waals surface area (Å²) >= 11 is 0. The number of fused-ring (bicyclic) bond motifs is 26. The summed E-state index contributed by atoms with van der Waals surface area (Å²) in [7, 11) is 0. The van der Waals surface area contributed by atoms with Gasteiger partial charge < -0.3 is 4.40 Å². The van der Waals surface area contributed by atoms with Gasteiger partial charge >= 0.3 is 0 Å². The third-order valence-corrected chi connectivity index (χ3v) is 19.3. The van der Waals surface area contributed by atoms with Crippen molar-refractivity contribution in [2.45, 2.75) is 66.6 Å². The van der Waals surface area contributed by atoms with E-state index in [1.165, 1.54) is 148 Å². The van der Waals surface area contributed by atoms with Gasteiger partial charge in [0.1, 0.15) is 0 Å². The van der Waals surface area contributed by atoms with E-state index in [0.717, 1.165) is 34.0 Å². The van der Waals surface area contributed by atoms with Crippen LogP contribution in [-0.2, 0) is 10.8 Å². The van der Waals surface area contributed by atoms with Crippen LogP contribution < -0.4 is 0 Å². The maximum absolute atomic E-state index is 11.6. The molecule has 0 saturated heterocycles. The first-order valence-corrected chi connectivity index (χ1v) is 24.4. The average molecular weight is 838 g/mol. The molecular formula is C63H39N3. The maximum atomic E-state index is 11.6. The fraction of sp³-hybridized carbons (Fsp3) is 0.206. The van der Waals surface area contributed by atoms with E-state index >= 15 is 0 Å². The van der Waals surface area contributed by atoms with Crippen LogP contribution in [0.1, 0.15) is 134 Å². The number of rotatable bonds is 0. The Hall–Kier alpha value is -7.46. The van der Waals surface area contributed by atoms with Crippen molar-refractivity contribution in [2.75, 3.05) is 0 Å². The van der Waals surface area contributed by atoms with E-state index in [9.17, 15) is 10.5 Å². The molecule has 0 amide bonds. The quantitative estimate of drug-likeness (QED) is 0.153. The van der Waals surface area contributed by atoms with Gasteiger partial charge in [-0.2, -0.15) is 10.5 Å². The SMILES string of the molecule is N#Cc1cc2c(c3c1C1CC4CC(C1)CC3C4)c1cc3c(c4c5c6c(c(C#N)cc5n2c14)C1c2cccc(c2)C12c1ccccc1C62)C1(c2ccccc2-c2ccccc21)c1ccccc1-3. The molecular weight excluding hydrogens is 799 g/mol. The first-order valence-electron chi connectivity index (χ1n) is 24.4. The van der Waals surface area contributed by atoms with Crippen LogP contribution in [-0.4, -0.2) is 4.40 Å². The zero-order valence-electron chi connectivity index (χ0n) is 36.1. The first-order chi connectivity index (χ1) is 32.6. The summed E-state index contributed by atoms with van der Waals surface area (Å²) in [6, 6.07) is 59.2. The van der Waals surface area contributed by atoms with E-state index in [2.05, 4.69) is 156 Å². The lowest BCUT2D eigenvalue weighted by Crippen LogP contribution is -2.43. The highest BCUT2D eigenvalue weighted by atomic mass is 14.9. The molecule has 9 aliphatic rings. The van der Waals surface area contributed by atoms with Crippen molar-refractivity contribution in [2.24, 2.45) is 11.8 Å². The molecule has 2 spiro atoms. The minimum atomic E-state index is -0.563. The van der Waals surface area contributed by atoms with Gasteiger partial charge in [-0.25, -0.2) is 0 Å². The molecule has 2 heterocycles. The molecule has 66 heavy (non-hydrogen) atoms. The highest BCUT2D eigenvalue weighted by molar-refractivity contribution is 6.29. The Morgan fingerprint density at radius 2 is 1.08 bits per heavy atom. The predicted molar refractivity (Wildman–Crippen MR) is 260 cm³/mol. The number of nitrogens with zero attached hydrogens (tertiary/aromatic N) is 3. The number of nitriles is 2. The number of hydrogen-bond donors (Lipinski definition) is 0. The van der Waals surface area contributed by atoms with Crippen LogP contribution in [0.5, 0.6) is 0 Å². The fourth-order valence-corrected chi connectivity index (χ4v) is 17.9. The van der Waals surface area contributed by atoms with Gasteiger partial charge in [0.25, 0.3) is 0 Å². The molecule has 2 aromatic heterocycles. The van der Waals surface area contributed by atoms with E-state index in [-0.39, 0.29) is 17.3 Å². The van der Waals surface area contributed by atoms with Gasteiger partial charge in [0, 0.05) is 38.8 Å². The molecule has 9 aliphatic carbocycles. The molecule has 306 valence electrons. The topological polar surface area (TPSA) is 52.0 Å². The zero-order valence-corrected chi connectivity index (χ0v) is 36.1. The van der Waals surface area contributed by atoms with Crippen molar-refractivity contribution in [1.82, 2.24) is 4.40 Å². The van der Waals surface area contributed by atoms with Crippen molar-refractivity contribution < 1.29 is 0 Å². The molecule has 19 rings (SSSR count). The van der Waals surface area contributed by atoms with Crippen LogP contribution >= 0.6 is 0 Å².